The van der Waals surface area contributed by atoms with E-state index in [1.165, 1.54) is 0 Å². The van der Waals surface area contributed by atoms with Crippen molar-refractivity contribution >= 4 is 5.82 Å². The van der Waals surface area contributed by atoms with E-state index in [1.54, 1.807) is 13.4 Å². The lowest BCUT2D eigenvalue weighted by Gasteiger charge is -2.53. The highest BCUT2D eigenvalue weighted by Crippen LogP contribution is 2.38. The Hall–Kier alpha value is -1.44. The molecule has 25 heavy (non-hydrogen) atoms. The van der Waals surface area contributed by atoms with Crippen LogP contribution in [0.25, 0.3) is 0 Å². The lowest BCUT2D eigenvalue weighted by molar-refractivity contribution is -0.150. The SMILES string of the molecule is COc1cc(N2CC3(C[C@H](OCC4CCOCC4)CCO3)C2)ncn1. The van der Waals surface area contributed by atoms with E-state index < -0.39 is 0 Å². The molecule has 0 radical (unpaired) electrons. The molecule has 0 aromatic carbocycles. The molecule has 3 fully saturated rings. The maximum Gasteiger partial charge on any atom is 0.218 e. The molecule has 3 aliphatic heterocycles. The van der Waals surface area contributed by atoms with E-state index in [9.17, 15) is 0 Å². The summed E-state index contributed by atoms with van der Waals surface area (Å²) in [7, 11) is 1.62. The summed E-state index contributed by atoms with van der Waals surface area (Å²) in [5.41, 5.74) is -0.0865. The van der Waals surface area contributed by atoms with Crippen LogP contribution in [0.5, 0.6) is 5.88 Å². The van der Waals surface area contributed by atoms with Gasteiger partial charge < -0.3 is 23.8 Å². The zero-order chi connectivity index (χ0) is 17.1. The molecule has 0 bridgehead atoms. The molecule has 1 aromatic heterocycles. The number of hydrogen-bond donors (Lipinski definition) is 0. The minimum atomic E-state index is -0.0865. The highest BCUT2D eigenvalue weighted by atomic mass is 16.5. The van der Waals surface area contributed by atoms with Crippen molar-refractivity contribution in [2.75, 3.05) is 51.5 Å². The molecule has 0 amide bonds. The quantitative estimate of drug-likeness (QED) is 0.801. The lowest BCUT2D eigenvalue weighted by Crippen LogP contribution is -2.66. The van der Waals surface area contributed by atoms with E-state index in [2.05, 4.69) is 14.9 Å². The summed E-state index contributed by atoms with van der Waals surface area (Å²) in [6.45, 7) is 5.09. The van der Waals surface area contributed by atoms with Crippen molar-refractivity contribution in [1.29, 1.82) is 0 Å². The van der Waals surface area contributed by atoms with E-state index in [4.69, 9.17) is 18.9 Å². The van der Waals surface area contributed by atoms with E-state index in [0.717, 1.165) is 71.0 Å². The summed E-state index contributed by atoms with van der Waals surface area (Å²) in [6, 6.07) is 1.87. The molecule has 7 nitrogen and oxygen atoms in total. The summed E-state index contributed by atoms with van der Waals surface area (Å²) < 4.78 is 22.9. The Bertz CT molecular complexity index is 573. The van der Waals surface area contributed by atoms with Crippen LogP contribution in [0.4, 0.5) is 5.82 Å². The van der Waals surface area contributed by atoms with E-state index in [0.29, 0.717) is 17.9 Å². The largest absolute Gasteiger partial charge is 0.481 e. The average Bonchev–Trinajstić information content (AvgIpc) is 2.65. The van der Waals surface area contributed by atoms with Crippen molar-refractivity contribution in [2.45, 2.75) is 37.4 Å². The molecule has 4 heterocycles. The fourth-order valence-electron chi connectivity index (χ4n) is 3.96. The third-order valence-corrected chi connectivity index (χ3v) is 5.47. The predicted octanol–water partition coefficient (Wildman–Crippen LogP) is 1.67. The standard InChI is InChI=1S/C18H27N3O4/c1-22-17-8-16(19-13-20-17)21-11-18(12-21)9-15(4-7-25-18)24-10-14-2-5-23-6-3-14/h8,13-15H,2-7,9-12H2,1H3/t15-/m1/s1. The van der Waals surface area contributed by atoms with Gasteiger partial charge in [0.1, 0.15) is 17.7 Å². The molecule has 0 aliphatic carbocycles. The van der Waals surface area contributed by atoms with Gasteiger partial charge in [0, 0.05) is 38.9 Å². The van der Waals surface area contributed by atoms with Crippen LogP contribution in [0.1, 0.15) is 25.7 Å². The van der Waals surface area contributed by atoms with Gasteiger partial charge in [-0.2, -0.15) is 0 Å². The average molecular weight is 349 g/mol. The van der Waals surface area contributed by atoms with E-state index in [1.807, 2.05) is 6.07 Å². The van der Waals surface area contributed by atoms with Crippen molar-refractivity contribution in [3.05, 3.63) is 12.4 Å². The Balaban J connectivity index is 1.28. The Labute approximate surface area is 148 Å². The van der Waals surface area contributed by atoms with Gasteiger partial charge in [-0.25, -0.2) is 9.97 Å². The van der Waals surface area contributed by atoms with Crippen LogP contribution in [0.15, 0.2) is 12.4 Å². The van der Waals surface area contributed by atoms with Crippen LogP contribution in [-0.4, -0.2) is 68.3 Å². The lowest BCUT2D eigenvalue weighted by atomic mass is 9.84. The van der Waals surface area contributed by atoms with Gasteiger partial charge in [0.2, 0.25) is 5.88 Å². The molecule has 3 saturated heterocycles. The van der Waals surface area contributed by atoms with E-state index in [-0.39, 0.29) is 5.60 Å². The number of anilines is 1. The maximum absolute atomic E-state index is 6.23. The molecule has 7 heteroatoms. The molecular formula is C18H27N3O4. The molecular weight excluding hydrogens is 322 g/mol. The Morgan fingerprint density at radius 3 is 2.84 bits per heavy atom. The second-order valence-corrected chi connectivity index (χ2v) is 7.31. The minimum absolute atomic E-state index is 0.0865. The molecule has 0 saturated carbocycles. The van der Waals surface area contributed by atoms with Gasteiger partial charge in [-0.05, 0) is 25.2 Å². The van der Waals surface area contributed by atoms with Crippen LogP contribution < -0.4 is 9.64 Å². The molecule has 138 valence electrons. The summed E-state index contributed by atoms with van der Waals surface area (Å²) in [5, 5.41) is 0. The fourth-order valence-corrected chi connectivity index (χ4v) is 3.96. The van der Waals surface area contributed by atoms with Gasteiger partial charge in [-0.15, -0.1) is 0 Å². The van der Waals surface area contributed by atoms with Crippen molar-refractivity contribution in [3.63, 3.8) is 0 Å². The first kappa shape index (κ1) is 17.0. The van der Waals surface area contributed by atoms with E-state index >= 15 is 0 Å². The normalized spacial score (nSPS) is 26.4. The topological polar surface area (TPSA) is 65.9 Å². The molecule has 0 N–H and O–H groups in total. The van der Waals surface area contributed by atoms with Gasteiger partial charge in [-0.1, -0.05) is 0 Å². The molecule has 1 atom stereocenters. The first-order valence-electron chi connectivity index (χ1n) is 9.21. The number of hydrogen-bond acceptors (Lipinski definition) is 7. The number of ether oxygens (including phenoxy) is 4. The molecule has 3 aliphatic rings. The molecule has 1 aromatic rings. The summed E-state index contributed by atoms with van der Waals surface area (Å²) in [4.78, 5) is 10.6. The number of methoxy groups -OCH3 is 1. The van der Waals surface area contributed by atoms with Crippen LogP contribution in [0.2, 0.25) is 0 Å². The first-order chi connectivity index (χ1) is 12.3. The predicted molar refractivity (Wildman–Crippen MR) is 92.0 cm³/mol. The van der Waals surface area contributed by atoms with Crippen molar-refractivity contribution in [1.82, 2.24) is 9.97 Å². The number of rotatable bonds is 5. The smallest absolute Gasteiger partial charge is 0.218 e. The minimum Gasteiger partial charge on any atom is -0.481 e. The van der Waals surface area contributed by atoms with Gasteiger partial charge >= 0.3 is 0 Å². The van der Waals surface area contributed by atoms with Crippen molar-refractivity contribution < 1.29 is 18.9 Å². The molecule has 4 rings (SSSR count). The Morgan fingerprint density at radius 1 is 1.20 bits per heavy atom. The number of aromatic nitrogens is 2. The zero-order valence-electron chi connectivity index (χ0n) is 14.9. The van der Waals surface area contributed by atoms with Gasteiger partial charge in [0.15, 0.2) is 0 Å². The van der Waals surface area contributed by atoms with Crippen LogP contribution >= 0.6 is 0 Å². The monoisotopic (exact) mass is 349 g/mol. The highest BCUT2D eigenvalue weighted by Gasteiger charge is 2.48. The number of nitrogens with zero attached hydrogens (tertiary/aromatic N) is 3. The van der Waals surface area contributed by atoms with Crippen LogP contribution in [0, 0.1) is 5.92 Å². The second kappa shape index (κ2) is 7.43. The van der Waals surface area contributed by atoms with Crippen molar-refractivity contribution in [2.24, 2.45) is 5.92 Å². The third kappa shape index (κ3) is 3.88. The van der Waals surface area contributed by atoms with Gasteiger partial charge in [-0.3, -0.25) is 0 Å². The van der Waals surface area contributed by atoms with Crippen LogP contribution in [-0.2, 0) is 14.2 Å². The summed E-state index contributed by atoms with van der Waals surface area (Å²) >= 11 is 0. The highest BCUT2D eigenvalue weighted by molar-refractivity contribution is 5.45. The summed E-state index contributed by atoms with van der Waals surface area (Å²) in [5.74, 6) is 2.14. The molecule has 1 spiro atoms. The Kier molecular flexibility index (Phi) is 5.05. The third-order valence-electron chi connectivity index (χ3n) is 5.47. The van der Waals surface area contributed by atoms with Crippen LogP contribution in [0.3, 0.4) is 0 Å². The zero-order valence-corrected chi connectivity index (χ0v) is 14.9. The second-order valence-electron chi connectivity index (χ2n) is 7.31. The fraction of sp³-hybridized carbons (Fsp3) is 0.778. The first-order valence-corrected chi connectivity index (χ1v) is 9.21. The molecule has 0 unspecified atom stereocenters. The Morgan fingerprint density at radius 2 is 2.04 bits per heavy atom. The van der Waals surface area contributed by atoms with Gasteiger partial charge in [0.25, 0.3) is 0 Å². The summed E-state index contributed by atoms with van der Waals surface area (Å²) in [6.07, 6.45) is 6.05. The maximum atomic E-state index is 6.23. The van der Waals surface area contributed by atoms with Gasteiger partial charge in [0.05, 0.1) is 26.3 Å². The van der Waals surface area contributed by atoms with Crippen molar-refractivity contribution in [3.8, 4) is 5.88 Å².